The van der Waals surface area contributed by atoms with Crippen LogP contribution in [0.2, 0.25) is 0 Å². The maximum absolute atomic E-state index is 13.7. The predicted molar refractivity (Wildman–Crippen MR) is 138 cm³/mol. The van der Waals surface area contributed by atoms with Gasteiger partial charge in [0.05, 0.1) is 17.0 Å². The van der Waals surface area contributed by atoms with Gasteiger partial charge >= 0.3 is 6.36 Å². The number of aryl methyl sites for hydroxylation is 1. The maximum Gasteiger partial charge on any atom is 0.573 e. The summed E-state index contributed by atoms with van der Waals surface area (Å²) < 4.78 is 42.2. The number of halogens is 3. The first kappa shape index (κ1) is 27.4. The Morgan fingerprint density at radius 3 is 2.46 bits per heavy atom. The number of piperidine rings is 1. The minimum atomic E-state index is -4.79. The van der Waals surface area contributed by atoms with Crippen LogP contribution in [0.3, 0.4) is 0 Å². The van der Waals surface area contributed by atoms with Crippen LogP contribution in [0.1, 0.15) is 73.6 Å². The van der Waals surface area contributed by atoms with Crippen LogP contribution >= 0.6 is 0 Å². The summed E-state index contributed by atoms with van der Waals surface area (Å²) in [4.78, 5) is 38.8. The molecule has 0 spiro atoms. The van der Waals surface area contributed by atoms with Crippen LogP contribution in [0.25, 0.3) is 11.4 Å². The molecule has 1 aromatic carbocycles. The second-order valence-electron chi connectivity index (χ2n) is 10.9. The van der Waals surface area contributed by atoms with Gasteiger partial charge in [-0.15, -0.1) is 13.2 Å². The van der Waals surface area contributed by atoms with Gasteiger partial charge in [-0.1, -0.05) is 12.1 Å². The molecule has 3 fully saturated rings. The minimum Gasteiger partial charge on any atom is -0.406 e. The van der Waals surface area contributed by atoms with E-state index in [1.165, 1.54) is 18.2 Å². The number of amides is 2. The molecule has 3 aliphatic rings. The second kappa shape index (κ2) is 10.7. The van der Waals surface area contributed by atoms with E-state index in [2.05, 4.69) is 26.9 Å². The monoisotopic (exact) mass is 545 g/mol. The predicted octanol–water partition coefficient (Wildman–Crippen LogP) is 4.43. The summed E-state index contributed by atoms with van der Waals surface area (Å²) in [5, 5.41) is 3.03. The lowest BCUT2D eigenvalue weighted by Gasteiger charge is -2.39. The summed E-state index contributed by atoms with van der Waals surface area (Å²) in [7, 11) is 0. The van der Waals surface area contributed by atoms with E-state index in [1.807, 2.05) is 4.90 Å². The van der Waals surface area contributed by atoms with Gasteiger partial charge in [0.15, 0.2) is 5.82 Å². The molecule has 3 heterocycles. The Kier molecular flexibility index (Phi) is 7.54. The average Bonchev–Trinajstić information content (AvgIpc) is 3.65. The van der Waals surface area contributed by atoms with Crippen molar-refractivity contribution in [2.45, 2.75) is 83.3 Å². The van der Waals surface area contributed by atoms with E-state index in [0.29, 0.717) is 47.7 Å². The summed E-state index contributed by atoms with van der Waals surface area (Å²) in [6.07, 6.45) is -0.331. The van der Waals surface area contributed by atoms with Crippen LogP contribution in [0.5, 0.6) is 5.75 Å². The number of hydrogen-bond donors (Lipinski definition) is 1. The molecule has 0 radical (unpaired) electrons. The molecule has 2 atom stereocenters. The topological polar surface area (TPSA) is 87.7 Å². The van der Waals surface area contributed by atoms with Gasteiger partial charge in [-0.3, -0.25) is 14.5 Å². The van der Waals surface area contributed by atoms with Crippen LogP contribution in [-0.2, 0) is 4.79 Å². The van der Waals surface area contributed by atoms with Crippen LogP contribution in [-0.4, -0.2) is 75.7 Å². The summed E-state index contributed by atoms with van der Waals surface area (Å²) in [6, 6.07) is 6.50. The molecule has 1 N–H and O–H groups in total. The van der Waals surface area contributed by atoms with Crippen LogP contribution in [0, 0.1) is 6.92 Å². The van der Waals surface area contributed by atoms with E-state index >= 15 is 0 Å². The minimum absolute atomic E-state index is 0.00751. The fourth-order valence-electron chi connectivity index (χ4n) is 5.99. The number of carbonyl (C=O) groups excluding carboxylic acids is 2. The zero-order chi connectivity index (χ0) is 27.9. The molecule has 5 rings (SSSR count). The van der Waals surface area contributed by atoms with E-state index in [4.69, 9.17) is 4.98 Å². The smallest absolute Gasteiger partial charge is 0.406 e. The van der Waals surface area contributed by atoms with E-state index in [-0.39, 0.29) is 35.3 Å². The van der Waals surface area contributed by atoms with Gasteiger partial charge in [0.2, 0.25) is 5.91 Å². The Balaban J connectivity index is 1.31. The number of alkyl halides is 3. The van der Waals surface area contributed by atoms with E-state index in [1.54, 1.807) is 19.9 Å². The highest BCUT2D eigenvalue weighted by Crippen LogP contribution is 2.42. The van der Waals surface area contributed by atoms with Crippen molar-refractivity contribution < 1.29 is 27.5 Å². The summed E-state index contributed by atoms with van der Waals surface area (Å²) >= 11 is 0. The Hall–Kier alpha value is -3.21. The third kappa shape index (κ3) is 6.34. The summed E-state index contributed by atoms with van der Waals surface area (Å²) in [5.74, 6) is 0.000679. The number of rotatable bonds is 6. The third-order valence-corrected chi connectivity index (χ3v) is 7.87. The van der Waals surface area contributed by atoms with Gasteiger partial charge in [-0.05, 0) is 58.1 Å². The second-order valence-corrected chi connectivity index (χ2v) is 10.9. The van der Waals surface area contributed by atoms with Crippen molar-refractivity contribution in [2.75, 3.05) is 19.6 Å². The molecule has 1 aliphatic carbocycles. The van der Waals surface area contributed by atoms with Gasteiger partial charge in [-0.2, -0.15) is 0 Å². The van der Waals surface area contributed by atoms with Crippen molar-refractivity contribution >= 4 is 11.8 Å². The van der Waals surface area contributed by atoms with Crippen molar-refractivity contribution in [1.29, 1.82) is 0 Å². The van der Waals surface area contributed by atoms with Crippen molar-refractivity contribution in [3.63, 3.8) is 0 Å². The molecule has 2 amide bonds. The third-order valence-electron chi connectivity index (χ3n) is 7.87. The number of hydrogen-bond acceptors (Lipinski definition) is 6. The zero-order valence-electron chi connectivity index (χ0n) is 22.4. The van der Waals surface area contributed by atoms with Crippen LogP contribution < -0.4 is 10.1 Å². The molecular weight excluding hydrogens is 511 g/mol. The standard InChI is InChI=1S/C28H34F3N5O3/c1-16-13-21(33-18(3)37)15-36(16)22-9-11-35(12-10-22)27(38)24-17(2)32-26(34-25(24)19-7-8-19)20-5-4-6-23(14-20)39-28(29,30)31/h4-6,14,16,19,21-22H,7-13,15H2,1-3H3,(H,33,37)/t16?,21-/m1/s1. The number of likely N-dealkylation sites (tertiary alicyclic amines) is 2. The lowest BCUT2D eigenvalue weighted by Crippen LogP contribution is -2.48. The Morgan fingerprint density at radius 2 is 1.82 bits per heavy atom. The Labute approximate surface area is 225 Å². The first-order chi connectivity index (χ1) is 18.5. The molecule has 2 aliphatic heterocycles. The molecule has 210 valence electrons. The average molecular weight is 546 g/mol. The molecule has 1 unspecified atom stereocenters. The zero-order valence-corrected chi connectivity index (χ0v) is 22.4. The molecule has 0 bridgehead atoms. The van der Waals surface area contributed by atoms with Crippen molar-refractivity contribution in [1.82, 2.24) is 25.1 Å². The Morgan fingerprint density at radius 1 is 1.10 bits per heavy atom. The quantitative estimate of drug-likeness (QED) is 0.578. The molecule has 2 aromatic rings. The molecule has 1 saturated carbocycles. The first-order valence-corrected chi connectivity index (χ1v) is 13.6. The van der Waals surface area contributed by atoms with Crippen molar-refractivity contribution in [3.05, 3.63) is 41.2 Å². The van der Waals surface area contributed by atoms with E-state index in [9.17, 15) is 22.8 Å². The van der Waals surface area contributed by atoms with Crippen LogP contribution in [0.15, 0.2) is 24.3 Å². The van der Waals surface area contributed by atoms with E-state index in [0.717, 1.165) is 38.6 Å². The fourth-order valence-corrected chi connectivity index (χ4v) is 5.99. The lowest BCUT2D eigenvalue weighted by atomic mass is 10.00. The van der Waals surface area contributed by atoms with Gasteiger partial charge < -0.3 is 15.0 Å². The van der Waals surface area contributed by atoms with Crippen molar-refractivity contribution in [3.8, 4) is 17.1 Å². The first-order valence-electron chi connectivity index (χ1n) is 13.6. The molecule has 2 saturated heterocycles. The molecular formula is C28H34F3N5O3. The number of nitrogens with zero attached hydrogens (tertiary/aromatic N) is 4. The summed E-state index contributed by atoms with van der Waals surface area (Å²) in [6.45, 7) is 7.58. The highest BCUT2D eigenvalue weighted by Gasteiger charge is 2.38. The van der Waals surface area contributed by atoms with Gasteiger partial charge in [0.25, 0.3) is 5.91 Å². The fraction of sp³-hybridized carbons (Fsp3) is 0.571. The molecule has 11 heteroatoms. The lowest BCUT2D eigenvalue weighted by molar-refractivity contribution is -0.274. The molecule has 1 aromatic heterocycles. The van der Waals surface area contributed by atoms with Crippen molar-refractivity contribution in [2.24, 2.45) is 0 Å². The number of ether oxygens (including phenoxy) is 1. The summed E-state index contributed by atoms with van der Waals surface area (Å²) in [5.41, 5.74) is 2.13. The number of nitrogens with one attached hydrogen (secondary N) is 1. The molecule has 8 nitrogen and oxygen atoms in total. The highest BCUT2D eigenvalue weighted by molar-refractivity contribution is 5.97. The molecule has 39 heavy (non-hydrogen) atoms. The van der Waals surface area contributed by atoms with E-state index < -0.39 is 6.36 Å². The van der Waals surface area contributed by atoms with Gasteiger partial charge in [-0.25, -0.2) is 9.97 Å². The number of carbonyl (C=O) groups is 2. The number of benzene rings is 1. The van der Waals surface area contributed by atoms with Gasteiger partial charge in [0, 0.05) is 56.2 Å². The van der Waals surface area contributed by atoms with Gasteiger partial charge in [0.1, 0.15) is 5.75 Å². The Bertz CT molecular complexity index is 1240. The number of aromatic nitrogens is 2. The highest BCUT2D eigenvalue weighted by atomic mass is 19.4. The maximum atomic E-state index is 13.7. The largest absolute Gasteiger partial charge is 0.573 e. The van der Waals surface area contributed by atoms with Crippen LogP contribution in [0.4, 0.5) is 13.2 Å². The normalized spacial score (nSPS) is 22.7. The SMILES string of the molecule is CC(=O)N[C@@H]1CC(C)N(C2CCN(C(=O)c3c(C)nc(-c4cccc(OC(F)(F)F)c4)nc3C3CC3)CC2)C1.